The molecule has 0 bridgehead atoms. The van der Waals surface area contributed by atoms with E-state index in [1.165, 1.54) is 43.2 Å². The zero-order valence-electron chi connectivity index (χ0n) is 20.6. The third-order valence-electron chi connectivity index (χ3n) is 8.91. The standard InChI is InChI=1S/C29H40N2O2/c1-4-5-6-7-14-33-23-9-11-24-21(16-23)8-10-26-25(24)12-13-29(2)27(26)17-22(28(29)32)15-20-18-30-31(3)19-20/h9,11,15-16,18-19,25-28,32H,4-8,10,12-14,17H2,1-3H3/b22-15+/t25-,26-,27+,28+,29+/m1/s1. The third-order valence-corrected chi connectivity index (χ3v) is 8.91. The van der Waals surface area contributed by atoms with Crippen LogP contribution in [0.2, 0.25) is 0 Å². The maximum Gasteiger partial charge on any atom is 0.119 e. The molecular weight excluding hydrogens is 408 g/mol. The summed E-state index contributed by atoms with van der Waals surface area (Å²) in [6.45, 7) is 5.42. The lowest BCUT2D eigenvalue weighted by molar-refractivity contribution is -0.0158. The predicted molar refractivity (Wildman–Crippen MR) is 133 cm³/mol. The highest BCUT2D eigenvalue weighted by atomic mass is 16.5. The van der Waals surface area contributed by atoms with Crippen LogP contribution in [-0.4, -0.2) is 27.6 Å². The lowest BCUT2D eigenvalue weighted by Crippen LogP contribution is -2.44. The Bertz CT molecular complexity index is 1010. The van der Waals surface area contributed by atoms with Crippen LogP contribution in [0.1, 0.15) is 87.8 Å². The number of nitrogens with zero attached hydrogens (tertiary/aromatic N) is 2. The number of aliphatic hydroxyl groups excluding tert-OH is 1. The molecular formula is C29H40N2O2. The molecule has 2 fully saturated rings. The number of hydrogen-bond donors (Lipinski definition) is 1. The van der Waals surface area contributed by atoms with Gasteiger partial charge in [0.15, 0.2) is 0 Å². The molecule has 4 nitrogen and oxygen atoms in total. The Balaban J connectivity index is 1.31. The zero-order chi connectivity index (χ0) is 23.0. The molecule has 1 heterocycles. The Kier molecular flexibility index (Phi) is 6.39. The summed E-state index contributed by atoms with van der Waals surface area (Å²) in [6, 6.07) is 6.87. The van der Waals surface area contributed by atoms with Gasteiger partial charge in [0, 0.05) is 24.2 Å². The van der Waals surface area contributed by atoms with E-state index in [0.717, 1.165) is 43.6 Å². The second kappa shape index (κ2) is 9.29. The molecule has 178 valence electrons. The van der Waals surface area contributed by atoms with Crippen molar-refractivity contribution in [2.75, 3.05) is 6.61 Å². The predicted octanol–water partition coefficient (Wildman–Crippen LogP) is 6.29. The summed E-state index contributed by atoms with van der Waals surface area (Å²) in [5.41, 5.74) is 5.34. The Morgan fingerprint density at radius 1 is 1.24 bits per heavy atom. The highest BCUT2D eigenvalue weighted by molar-refractivity contribution is 5.54. The van der Waals surface area contributed by atoms with Crippen LogP contribution in [0.25, 0.3) is 6.08 Å². The molecule has 0 spiro atoms. The number of unbranched alkanes of at least 4 members (excludes halogenated alkanes) is 3. The third kappa shape index (κ3) is 4.27. The van der Waals surface area contributed by atoms with Crippen LogP contribution in [0.3, 0.4) is 0 Å². The van der Waals surface area contributed by atoms with Gasteiger partial charge in [0.1, 0.15) is 5.75 Å². The van der Waals surface area contributed by atoms with Crippen molar-refractivity contribution in [2.24, 2.45) is 24.3 Å². The number of ether oxygens (including phenoxy) is 1. The normalized spacial score (nSPS) is 31.8. The van der Waals surface area contributed by atoms with E-state index in [9.17, 15) is 5.11 Å². The molecule has 0 amide bonds. The molecule has 33 heavy (non-hydrogen) atoms. The maximum atomic E-state index is 11.4. The number of aromatic nitrogens is 2. The van der Waals surface area contributed by atoms with Crippen LogP contribution < -0.4 is 4.74 Å². The zero-order valence-corrected chi connectivity index (χ0v) is 20.6. The number of benzene rings is 1. The smallest absolute Gasteiger partial charge is 0.119 e. The van der Waals surface area contributed by atoms with Crippen LogP contribution >= 0.6 is 0 Å². The lowest BCUT2D eigenvalue weighted by atomic mass is 9.55. The van der Waals surface area contributed by atoms with Gasteiger partial charge < -0.3 is 9.84 Å². The van der Waals surface area contributed by atoms with E-state index >= 15 is 0 Å². The van der Waals surface area contributed by atoms with Gasteiger partial charge in [-0.2, -0.15) is 5.10 Å². The molecule has 0 unspecified atom stereocenters. The molecule has 2 aromatic rings. The van der Waals surface area contributed by atoms with Crippen molar-refractivity contribution in [2.45, 2.75) is 83.7 Å². The minimum Gasteiger partial charge on any atom is -0.494 e. The second-order valence-corrected chi connectivity index (χ2v) is 11.0. The number of rotatable bonds is 7. The van der Waals surface area contributed by atoms with Crippen LogP contribution in [0.4, 0.5) is 0 Å². The van der Waals surface area contributed by atoms with E-state index in [-0.39, 0.29) is 11.5 Å². The lowest BCUT2D eigenvalue weighted by Gasteiger charge is -2.49. The molecule has 2 saturated carbocycles. The van der Waals surface area contributed by atoms with E-state index in [1.807, 2.05) is 24.1 Å². The summed E-state index contributed by atoms with van der Waals surface area (Å²) >= 11 is 0. The summed E-state index contributed by atoms with van der Waals surface area (Å²) < 4.78 is 7.91. The highest BCUT2D eigenvalue weighted by Gasteiger charge is 2.56. The van der Waals surface area contributed by atoms with Gasteiger partial charge in [0.05, 0.1) is 18.9 Å². The van der Waals surface area contributed by atoms with E-state index in [1.54, 1.807) is 5.56 Å². The molecule has 5 rings (SSSR count). The first kappa shape index (κ1) is 22.7. The Hall–Kier alpha value is -2.07. The van der Waals surface area contributed by atoms with Gasteiger partial charge in [-0.1, -0.05) is 45.3 Å². The van der Waals surface area contributed by atoms with E-state index in [0.29, 0.717) is 17.8 Å². The average molecular weight is 449 g/mol. The largest absolute Gasteiger partial charge is 0.494 e. The molecule has 1 aromatic carbocycles. The number of fused-ring (bicyclic) bond motifs is 5. The van der Waals surface area contributed by atoms with Gasteiger partial charge in [-0.3, -0.25) is 4.68 Å². The Morgan fingerprint density at radius 3 is 2.91 bits per heavy atom. The van der Waals surface area contributed by atoms with Crippen molar-refractivity contribution in [3.8, 4) is 5.75 Å². The second-order valence-electron chi connectivity index (χ2n) is 11.0. The van der Waals surface area contributed by atoms with Crippen LogP contribution in [0.5, 0.6) is 5.75 Å². The summed E-state index contributed by atoms with van der Waals surface area (Å²) in [5.74, 6) is 2.88. The van der Waals surface area contributed by atoms with Crippen LogP contribution in [-0.2, 0) is 13.5 Å². The molecule has 1 N–H and O–H groups in total. The highest BCUT2D eigenvalue weighted by Crippen LogP contribution is 2.62. The molecule has 3 aliphatic rings. The van der Waals surface area contributed by atoms with Gasteiger partial charge in [-0.05, 0) is 85.1 Å². The van der Waals surface area contributed by atoms with Crippen molar-refractivity contribution in [3.05, 3.63) is 52.9 Å². The summed E-state index contributed by atoms with van der Waals surface area (Å²) in [4.78, 5) is 0. The number of hydrogen-bond acceptors (Lipinski definition) is 3. The monoisotopic (exact) mass is 448 g/mol. The molecule has 3 aliphatic carbocycles. The SMILES string of the molecule is CCCCCCOc1ccc2c(c1)CC[C@@H]1[C@@H]2CC[C@]2(C)[C@@H](O)/C(=C/c3cnn(C)c3)C[C@@H]12. The fraction of sp³-hybridized carbons (Fsp3) is 0.621. The number of aliphatic hydroxyl groups is 1. The summed E-state index contributed by atoms with van der Waals surface area (Å²) in [5, 5.41) is 15.7. The Labute approximate surface area is 199 Å². The summed E-state index contributed by atoms with van der Waals surface area (Å²) in [7, 11) is 1.95. The quantitative estimate of drug-likeness (QED) is 0.506. The minimum absolute atomic E-state index is 0.00570. The van der Waals surface area contributed by atoms with Crippen molar-refractivity contribution in [3.63, 3.8) is 0 Å². The minimum atomic E-state index is -0.339. The van der Waals surface area contributed by atoms with Gasteiger partial charge in [-0.15, -0.1) is 0 Å². The van der Waals surface area contributed by atoms with Gasteiger partial charge >= 0.3 is 0 Å². The van der Waals surface area contributed by atoms with Crippen molar-refractivity contribution >= 4 is 6.08 Å². The fourth-order valence-electron chi connectivity index (χ4n) is 7.09. The van der Waals surface area contributed by atoms with Gasteiger partial charge in [-0.25, -0.2) is 0 Å². The summed E-state index contributed by atoms with van der Waals surface area (Å²) in [6.07, 6.45) is 16.4. The van der Waals surface area contributed by atoms with Crippen LogP contribution in [0, 0.1) is 17.3 Å². The molecule has 0 radical (unpaired) electrons. The molecule has 0 saturated heterocycles. The molecule has 5 atom stereocenters. The first-order chi connectivity index (χ1) is 16.0. The van der Waals surface area contributed by atoms with Crippen molar-refractivity contribution < 1.29 is 9.84 Å². The fourth-order valence-corrected chi connectivity index (χ4v) is 7.09. The number of aryl methyl sites for hydroxylation is 2. The topological polar surface area (TPSA) is 47.3 Å². The molecule has 0 aliphatic heterocycles. The van der Waals surface area contributed by atoms with Crippen molar-refractivity contribution in [1.82, 2.24) is 9.78 Å². The van der Waals surface area contributed by atoms with Gasteiger partial charge in [0.2, 0.25) is 0 Å². The molecule has 1 aromatic heterocycles. The first-order valence-electron chi connectivity index (χ1n) is 13.1. The van der Waals surface area contributed by atoms with Gasteiger partial charge in [0.25, 0.3) is 0 Å². The van der Waals surface area contributed by atoms with E-state index in [2.05, 4.69) is 43.2 Å². The van der Waals surface area contributed by atoms with E-state index in [4.69, 9.17) is 4.74 Å². The van der Waals surface area contributed by atoms with Crippen molar-refractivity contribution in [1.29, 1.82) is 0 Å². The maximum absolute atomic E-state index is 11.4. The van der Waals surface area contributed by atoms with E-state index < -0.39 is 0 Å². The van der Waals surface area contributed by atoms with Crippen LogP contribution in [0.15, 0.2) is 36.2 Å². The first-order valence-corrected chi connectivity index (χ1v) is 13.1. The Morgan fingerprint density at radius 2 is 2.12 bits per heavy atom. The average Bonchev–Trinajstić information content (AvgIpc) is 3.34. The molecule has 4 heteroatoms.